The topological polar surface area (TPSA) is 57.5 Å². The molecule has 1 atom stereocenters. The van der Waals surface area contributed by atoms with Crippen LogP contribution >= 0.6 is 0 Å². The second-order valence-electron chi connectivity index (χ2n) is 10.2. The summed E-state index contributed by atoms with van der Waals surface area (Å²) < 4.78 is 0. The Kier molecular flexibility index (Phi) is 26.2. The van der Waals surface area contributed by atoms with Crippen molar-refractivity contribution in [3.05, 3.63) is 0 Å². The van der Waals surface area contributed by atoms with Crippen molar-refractivity contribution in [3.63, 3.8) is 0 Å². The minimum Gasteiger partial charge on any atom is -0.481 e. The summed E-state index contributed by atoms with van der Waals surface area (Å²) in [6.07, 6.45) is 32.2. The molecule has 0 aromatic heterocycles. The Bertz CT molecular complexity index is 369. The number of hydrogen-bond acceptors (Lipinski definition) is 2. The molecule has 0 saturated heterocycles. The van der Waals surface area contributed by atoms with Gasteiger partial charge in [0.25, 0.3) is 0 Å². The van der Waals surface area contributed by atoms with Gasteiger partial charge in [-0.2, -0.15) is 0 Å². The molecule has 32 heavy (non-hydrogen) atoms. The zero-order valence-corrected chi connectivity index (χ0v) is 21.8. The molecular formula is C29H58O3. The van der Waals surface area contributed by atoms with Gasteiger partial charge in [-0.05, 0) is 19.3 Å². The average Bonchev–Trinajstić information content (AvgIpc) is 2.77. The number of aliphatic hydroxyl groups excluding tert-OH is 1. The monoisotopic (exact) mass is 454 g/mol. The highest BCUT2D eigenvalue weighted by atomic mass is 16.4. The van der Waals surface area contributed by atoms with Crippen molar-refractivity contribution in [1.82, 2.24) is 0 Å². The largest absolute Gasteiger partial charge is 0.481 e. The summed E-state index contributed by atoms with van der Waals surface area (Å²) in [6.45, 7) is 2.28. The van der Waals surface area contributed by atoms with Crippen LogP contribution in [0.3, 0.4) is 0 Å². The molecule has 192 valence electrons. The van der Waals surface area contributed by atoms with E-state index in [0.717, 1.165) is 25.7 Å². The lowest BCUT2D eigenvalue weighted by Crippen LogP contribution is -2.05. The summed E-state index contributed by atoms with van der Waals surface area (Å²) in [5.41, 5.74) is 0. The molecule has 3 nitrogen and oxygen atoms in total. The molecule has 0 amide bonds. The SMILES string of the molecule is CCCCCCCCCCCCCCC(O)CCCCCCCCCCCCCC(=O)O. The third kappa shape index (κ3) is 27.5. The van der Waals surface area contributed by atoms with Crippen molar-refractivity contribution in [1.29, 1.82) is 0 Å². The van der Waals surface area contributed by atoms with E-state index in [0.29, 0.717) is 6.42 Å². The van der Waals surface area contributed by atoms with Crippen molar-refractivity contribution in [3.8, 4) is 0 Å². The maximum Gasteiger partial charge on any atom is 0.303 e. The molecule has 0 heterocycles. The maximum atomic E-state index is 10.4. The highest BCUT2D eigenvalue weighted by Crippen LogP contribution is 2.16. The molecule has 1 unspecified atom stereocenters. The van der Waals surface area contributed by atoms with E-state index in [4.69, 9.17) is 5.11 Å². The first kappa shape index (κ1) is 31.4. The molecule has 0 spiro atoms. The van der Waals surface area contributed by atoms with Gasteiger partial charge in [0.2, 0.25) is 0 Å². The molecule has 0 bridgehead atoms. The van der Waals surface area contributed by atoms with Crippen LogP contribution in [0.2, 0.25) is 0 Å². The van der Waals surface area contributed by atoms with Crippen LogP contribution in [0.1, 0.15) is 174 Å². The number of aliphatic carboxylic acids is 1. The fourth-order valence-corrected chi connectivity index (χ4v) is 4.61. The standard InChI is InChI=1S/C29H58O3/c1-2-3-4-5-6-7-8-10-13-16-19-22-25-28(30)26-23-20-17-14-11-9-12-15-18-21-24-27-29(31)32/h28,30H,2-27H2,1H3,(H,31,32). The number of carbonyl (C=O) groups is 1. The zero-order chi connectivity index (χ0) is 23.5. The third-order valence-electron chi connectivity index (χ3n) is 6.82. The molecule has 0 rings (SSSR count). The van der Waals surface area contributed by atoms with Crippen LogP contribution < -0.4 is 0 Å². The van der Waals surface area contributed by atoms with Crippen molar-refractivity contribution >= 4 is 5.97 Å². The summed E-state index contributed by atoms with van der Waals surface area (Å²) in [4.78, 5) is 10.4. The van der Waals surface area contributed by atoms with Crippen LogP contribution in [0.15, 0.2) is 0 Å². The number of hydrogen-bond donors (Lipinski definition) is 2. The van der Waals surface area contributed by atoms with Crippen LogP contribution in [-0.4, -0.2) is 22.3 Å². The normalized spacial score (nSPS) is 12.3. The van der Waals surface area contributed by atoms with E-state index in [9.17, 15) is 9.90 Å². The Morgan fingerprint density at radius 3 is 1.09 bits per heavy atom. The molecular weight excluding hydrogens is 396 g/mol. The Hall–Kier alpha value is -0.570. The zero-order valence-electron chi connectivity index (χ0n) is 21.8. The van der Waals surface area contributed by atoms with Crippen LogP contribution in [0.25, 0.3) is 0 Å². The summed E-state index contributed by atoms with van der Waals surface area (Å²) in [7, 11) is 0. The van der Waals surface area contributed by atoms with Gasteiger partial charge in [-0.25, -0.2) is 0 Å². The number of carboxylic acids is 1. The van der Waals surface area contributed by atoms with Crippen molar-refractivity contribution in [2.45, 2.75) is 180 Å². The first-order valence-corrected chi connectivity index (χ1v) is 14.6. The minimum absolute atomic E-state index is 0.0701. The molecule has 0 aliphatic rings. The Morgan fingerprint density at radius 2 is 0.781 bits per heavy atom. The summed E-state index contributed by atoms with van der Waals surface area (Å²) >= 11 is 0. The van der Waals surface area contributed by atoms with Crippen molar-refractivity contribution < 1.29 is 15.0 Å². The van der Waals surface area contributed by atoms with Crippen LogP contribution in [-0.2, 0) is 4.79 Å². The third-order valence-corrected chi connectivity index (χ3v) is 6.82. The molecule has 0 aliphatic heterocycles. The average molecular weight is 455 g/mol. The fraction of sp³-hybridized carbons (Fsp3) is 0.966. The Balaban J connectivity index is 3.15. The fourth-order valence-electron chi connectivity index (χ4n) is 4.61. The first-order valence-electron chi connectivity index (χ1n) is 14.6. The molecule has 3 heteroatoms. The van der Waals surface area contributed by atoms with E-state index in [-0.39, 0.29) is 6.10 Å². The first-order chi connectivity index (χ1) is 15.7. The van der Waals surface area contributed by atoms with Gasteiger partial charge >= 0.3 is 5.97 Å². The predicted molar refractivity (Wildman–Crippen MR) is 139 cm³/mol. The lowest BCUT2D eigenvalue weighted by molar-refractivity contribution is -0.137. The second-order valence-corrected chi connectivity index (χ2v) is 10.2. The molecule has 2 N–H and O–H groups in total. The Labute approximate surface area is 201 Å². The van der Waals surface area contributed by atoms with E-state index in [1.165, 1.54) is 135 Å². The molecule has 0 saturated carbocycles. The maximum absolute atomic E-state index is 10.4. The van der Waals surface area contributed by atoms with E-state index in [1.807, 2.05) is 0 Å². The quantitative estimate of drug-likeness (QED) is 0.121. The van der Waals surface area contributed by atoms with Gasteiger partial charge in [-0.3, -0.25) is 4.79 Å². The van der Waals surface area contributed by atoms with E-state index < -0.39 is 5.97 Å². The van der Waals surface area contributed by atoms with E-state index in [2.05, 4.69) is 6.92 Å². The van der Waals surface area contributed by atoms with Gasteiger partial charge in [-0.1, -0.05) is 148 Å². The Morgan fingerprint density at radius 1 is 0.500 bits per heavy atom. The predicted octanol–water partition coefficient (Wildman–Crippen LogP) is 9.59. The van der Waals surface area contributed by atoms with Crippen LogP contribution in [0, 0.1) is 0 Å². The number of carboxylic acid groups (broad SMARTS) is 1. The van der Waals surface area contributed by atoms with Gasteiger partial charge < -0.3 is 10.2 Å². The van der Waals surface area contributed by atoms with Gasteiger partial charge in [-0.15, -0.1) is 0 Å². The van der Waals surface area contributed by atoms with Gasteiger partial charge in [0.05, 0.1) is 6.10 Å². The second kappa shape index (κ2) is 26.7. The molecule has 0 fully saturated rings. The number of aliphatic hydroxyl groups is 1. The summed E-state index contributed by atoms with van der Waals surface area (Å²) in [5.74, 6) is -0.665. The highest BCUT2D eigenvalue weighted by Gasteiger charge is 2.04. The summed E-state index contributed by atoms with van der Waals surface area (Å²) in [5, 5.41) is 18.8. The summed E-state index contributed by atoms with van der Waals surface area (Å²) in [6, 6.07) is 0. The lowest BCUT2D eigenvalue weighted by Gasteiger charge is -2.10. The van der Waals surface area contributed by atoms with Gasteiger partial charge in [0, 0.05) is 6.42 Å². The highest BCUT2D eigenvalue weighted by molar-refractivity contribution is 5.66. The molecule has 0 aliphatic carbocycles. The minimum atomic E-state index is -0.665. The van der Waals surface area contributed by atoms with Crippen molar-refractivity contribution in [2.75, 3.05) is 0 Å². The number of rotatable bonds is 27. The van der Waals surface area contributed by atoms with E-state index >= 15 is 0 Å². The van der Waals surface area contributed by atoms with Crippen LogP contribution in [0.5, 0.6) is 0 Å². The molecule has 0 aromatic rings. The van der Waals surface area contributed by atoms with Crippen molar-refractivity contribution in [2.24, 2.45) is 0 Å². The molecule has 0 radical (unpaired) electrons. The lowest BCUT2D eigenvalue weighted by atomic mass is 10.0. The number of unbranched alkanes of at least 4 members (excludes halogenated alkanes) is 21. The van der Waals surface area contributed by atoms with E-state index in [1.54, 1.807) is 0 Å². The smallest absolute Gasteiger partial charge is 0.303 e. The molecule has 0 aromatic carbocycles. The van der Waals surface area contributed by atoms with Gasteiger partial charge in [0.1, 0.15) is 0 Å². The van der Waals surface area contributed by atoms with Gasteiger partial charge in [0.15, 0.2) is 0 Å². The van der Waals surface area contributed by atoms with Crippen LogP contribution in [0.4, 0.5) is 0 Å².